The predicted molar refractivity (Wildman–Crippen MR) is 101 cm³/mol. The average molecular weight is 395 g/mol. The topological polar surface area (TPSA) is 116 Å². The molecule has 3 N–H and O–H groups in total. The molecule has 0 bridgehead atoms. The third-order valence-electron chi connectivity index (χ3n) is 5.51. The number of nitrogens with one attached hydrogen (secondary N) is 2. The van der Waals surface area contributed by atoms with E-state index >= 15 is 0 Å². The van der Waals surface area contributed by atoms with Gasteiger partial charge in [0.1, 0.15) is 6.04 Å². The number of carbonyl (C=O) groups excluding carboxylic acids is 1. The van der Waals surface area contributed by atoms with E-state index in [9.17, 15) is 18.0 Å². The van der Waals surface area contributed by atoms with Crippen LogP contribution >= 0.6 is 0 Å². The summed E-state index contributed by atoms with van der Waals surface area (Å²) in [6.45, 7) is 0.926. The summed E-state index contributed by atoms with van der Waals surface area (Å²) >= 11 is 0. The lowest BCUT2D eigenvalue weighted by molar-refractivity contribution is -0.121. The number of hydrogen-bond acceptors (Lipinski definition) is 4. The summed E-state index contributed by atoms with van der Waals surface area (Å²) in [5.74, 6) is -0.242. The van der Waals surface area contributed by atoms with Gasteiger partial charge in [-0.1, -0.05) is 18.6 Å². The summed E-state index contributed by atoms with van der Waals surface area (Å²) in [5.41, 5.74) is 1.59. The summed E-state index contributed by atoms with van der Waals surface area (Å²) in [7, 11) is -3.25. The van der Waals surface area contributed by atoms with Crippen LogP contribution in [-0.2, 0) is 20.2 Å². The molecule has 0 aromatic heterocycles. The number of anilines is 1. The van der Waals surface area contributed by atoms with Gasteiger partial charge in [0.05, 0.1) is 6.26 Å². The Morgan fingerprint density at radius 2 is 1.93 bits per heavy atom. The molecule has 1 unspecified atom stereocenters. The van der Waals surface area contributed by atoms with Crippen molar-refractivity contribution in [2.45, 2.75) is 43.6 Å². The van der Waals surface area contributed by atoms with Crippen molar-refractivity contribution < 1.29 is 23.1 Å². The highest BCUT2D eigenvalue weighted by Gasteiger charge is 2.39. The Morgan fingerprint density at radius 3 is 2.44 bits per heavy atom. The Kier molecular flexibility index (Phi) is 5.43. The van der Waals surface area contributed by atoms with Crippen molar-refractivity contribution in [3.8, 4) is 0 Å². The van der Waals surface area contributed by atoms with Gasteiger partial charge in [-0.15, -0.1) is 0 Å². The molecule has 0 radical (unpaired) electrons. The molecule has 1 aromatic carbocycles. The van der Waals surface area contributed by atoms with Gasteiger partial charge in [-0.05, 0) is 43.4 Å². The van der Waals surface area contributed by atoms with E-state index in [0.29, 0.717) is 19.5 Å². The molecule has 1 saturated heterocycles. The van der Waals surface area contributed by atoms with E-state index in [0.717, 1.165) is 43.2 Å². The van der Waals surface area contributed by atoms with Crippen LogP contribution in [0, 0.1) is 0 Å². The van der Waals surface area contributed by atoms with E-state index in [1.165, 1.54) is 0 Å². The molecule has 0 spiro atoms. The molecule has 2 aliphatic rings. The fourth-order valence-electron chi connectivity index (χ4n) is 3.85. The first kappa shape index (κ1) is 19.6. The molecule has 2 fully saturated rings. The van der Waals surface area contributed by atoms with Gasteiger partial charge in [-0.25, -0.2) is 17.9 Å². The average Bonchev–Trinajstić information content (AvgIpc) is 2.55. The molecule has 1 saturated carbocycles. The summed E-state index contributed by atoms with van der Waals surface area (Å²) in [4.78, 5) is 25.0. The molecule has 3 rings (SSSR count). The quantitative estimate of drug-likeness (QED) is 0.674. The molecule has 9 heteroatoms. The van der Waals surface area contributed by atoms with E-state index in [1.54, 1.807) is 4.90 Å². The molecular weight excluding hydrogens is 370 g/mol. The molecule has 1 aromatic rings. The summed E-state index contributed by atoms with van der Waals surface area (Å²) in [6, 6.07) is 6.89. The number of amides is 2. The molecule has 1 heterocycles. The first-order valence-electron chi connectivity index (χ1n) is 9.06. The van der Waals surface area contributed by atoms with E-state index in [4.69, 9.17) is 5.11 Å². The van der Waals surface area contributed by atoms with Gasteiger partial charge in [-0.2, -0.15) is 0 Å². The van der Waals surface area contributed by atoms with Crippen molar-refractivity contribution in [2.75, 3.05) is 24.2 Å². The van der Waals surface area contributed by atoms with Crippen LogP contribution < -0.4 is 14.9 Å². The Labute approximate surface area is 159 Å². The molecule has 8 nitrogen and oxygen atoms in total. The maximum absolute atomic E-state index is 12.5. The van der Waals surface area contributed by atoms with Crippen LogP contribution in [0.5, 0.6) is 0 Å². The lowest BCUT2D eigenvalue weighted by Crippen LogP contribution is -2.52. The van der Waals surface area contributed by atoms with Gasteiger partial charge in [0.15, 0.2) is 0 Å². The van der Waals surface area contributed by atoms with Crippen molar-refractivity contribution in [2.24, 2.45) is 0 Å². The van der Waals surface area contributed by atoms with E-state index < -0.39 is 22.2 Å². The van der Waals surface area contributed by atoms with Gasteiger partial charge < -0.3 is 15.3 Å². The van der Waals surface area contributed by atoms with Gasteiger partial charge in [-0.3, -0.25) is 4.79 Å². The minimum absolute atomic E-state index is 0.194. The highest BCUT2D eigenvalue weighted by Crippen LogP contribution is 2.43. The first-order chi connectivity index (χ1) is 12.7. The predicted octanol–water partition coefficient (Wildman–Crippen LogP) is 1.42. The van der Waals surface area contributed by atoms with E-state index in [2.05, 4.69) is 10.0 Å². The number of benzene rings is 1. The van der Waals surface area contributed by atoms with Gasteiger partial charge in [0.2, 0.25) is 15.9 Å². The Morgan fingerprint density at radius 1 is 1.26 bits per heavy atom. The maximum Gasteiger partial charge on any atom is 0.405 e. The number of nitrogens with zero attached hydrogens (tertiary/aromatic N) is 1. The van der Waals surface area contributed by atoms with Crippen LogP contribution in [0.15, 0.2) is 24.3 Å². The minimum Gasteiger partial charge on any atom is -0.465 e. The highest BCUT2D eigenvalue weighted by molar-refractivity contribution is 7.88. The largest absolute Gasteiger partial charge is 0.465 e. The molecule has 148 valence electrons. The molecule has 1 atom stereocenters. The maximum atomic E-state index is 12.5. The van der Waals surface area contributed by atoms with Crippen LogP contribution in [0.3, 0.4) is 0 Å². The lowest BCUT2D eigenvalue weighted by Gasteiger charge is -2.42. The number of rotatable bonds is 6. The summed E-state index contributed by atoms with van der Waals surface area (Å²) < 4.78 is 25.5. The molecular formula is C18H25N3O5S. The number of carbonyl (C=O) groups is 2. The molecule has 1 aliphatic heterocycles. The zero-order valence-corrected chi connectivity index (χ0v) is 16.1. The SMILES string of the molecule is CS(=O)(=O)NCC1(c2ccc(N3CCCC(NC(=O)O)C3=O)cc2)CCC1. The zero-order chi connectivity index (χ0) is 19.7. The van der Waals surface area contributed by atoms with Gasteiger partial charge >= 0.3 is 6.09 Å². The standard InChI is InChI=1S/C18H25N3O5S/c1-27(25,26)19-12-18(9-3-10-18)13-5-7-14(8-6-13)21-11-2-4-15(16(21)22)20-17(23)24/h5-8,15,19-20H,2-4,9-12H2,1H3,(H,23,24). The van der Waals surface area contributed by atoms with Crippen LogP contribution in [-0.4, -0.2) is 50.9 Å². The van der Waals surface area contributed by atoms with Gasteiger partial charge in [0.25, 0.3) is 0 Å². The Hall–Kier alpha value is -2.13. The van der Waals surface area contributed by atoms with E-state index in [-0.39, 0.29) is 11.3 Å². The highest BCUT2D eigenvalue weighted by atomic mass is 32.2. The summed E-state index contributed by atoms with van der Waals surface area (Å²) in [6.07, 6.45) is 4.08. The van der Waals surface area contributed by atoms with Crippen molar-refractivity contribution in [1.29, 1.82) is 0 Å². The Bertz CT molecular complexity index is 818. The van der Waals surface area contributed by atoms with Gasteiger partial charge in [0, 0.05) is 24.2 Å². The first-order valence-corrected chi connectivity index (χ1v) is 11.0. The fraction of sp³-hybridized carbons (Fsp3) is 0.556. The summed E-state index contributed by atoms with van der Waals surface area (Å²) in [5, 5.41) is 11.2. The monoisotopic (exact) mass is 395 g/mol. The van der Waals surface area contributed by atoms with Crippen molar-refractivity contribution in [3.05, 3.63) is 29.8 Å². The van der Waals surface area contributed by atoms with E-state index in [1.807, 2.05) is 24.3 Å². The smallest absolute Gasteiger partial charge is 0.405 e. The van der Waals surface area contributed by atoms with Crippen molar-refractivity contribution in [3.63, 3.8) is 0 Å². The van der Waals surface area contributed by atoms with Crippen molar-refractivity contribution >= 4 is 27.7 Å². The second-order valence-electron chi connectivity index (χ2n) is 7.41. The normalized spacial score (nSPS) is 22.2. The Balaban J connectivity index is 1.74. The molecule has 2 amide bonds. The third kappa shape index (κ3) is 4.41. The lowest BCUT2D eigenvalue weighted by atomic mass is 9.64. The number of piperidine rings is 1. The third-order valence-corrected chi connectivity index (χ3v) is 6.18. The van der Waals surface area contributed by atoms with Crippen molar-refractivity contribution in [1.82, 2.24) is 10.0 Å². The molecule has 1 aliphatic carbocycles. The fourth-order valence-corrected chi connectivity index (χ4v) is 4.39. The number of carboxylic acid groups (broad SMARTS) is 1. The minimum atomic E-state index is -3.25. The zero-order valence-electron chi connectivity index (χ0n) is 15.3. The van der Waals surface area contributed by atoms with Crippen LogP contribution in [0.4, 0.5) is 10.5 Å². The number of sulfonamides is 1. The molecule has 27 heavy (non-hydrogen) atoms. The number of hydrogen-bond donors (Lipinski definition) is 3. The second-order valence-corrected chi connectivity index (χ2v) is 9.24. The van der Waals surface area contributed by atoms with Crippen LogP contribution in [0.1, 0.15) is 37.7 Å². The van der Waals surface area contributed by atoms with Crippen LogP contribution in [0.2, 0.25) is 0 Å². The second kappa shape index (κ2) is 7.47. The van der Waals surface area contributed by atoms with Crippen LogP contribution in [0.25, 0.3) is 0 Å².